The SMILES string of the molecule is CNCCCn1c(C(C)(C)C)cc(S(=O)(=O)NCc2cccc(C(C)(F)F)c2)c1C. The van der Waals surface area contributed by atoms with E-state index < -0.39 is 15.9 Å². The summed E-state index contributed by atoms with van der Waals surface area (Å²) < 4.78 is 57.9. The lowest BCUT2D eigenvalue weighted by Gasteiger charge is -2.22. The van der Waals surface area contributed by atoms with Crippen molar-refractivity contribution in [1.29, 1.82) is 0 Å². The van der Waals surface area contributed by atoms with Crippen LogP contribution >= 0.6 is 0 Å². The molecule has 8 heteroatoms. The molecular formula is C22H33F2N3O2S. The highest BCUT2D eigenvalue weighted by Crippen LogP contribution is 2.31. The van der Waals surface area contributed by atoms with Gasteiger partial charge in [0.25, 0.3) is 5.92 Å². The molecule has 0 bridgehead atoms. The van der Waals surface area contributed by atoms with Gasteiger partial charge in [-0.2, -0.15) is 0 Å². The van der Waals surface area contributed by atoms with Crippen LogP contribution in [0.1, 0.15) is 56.6 Å². The lowest BCUT2D eigenvalue weighted by molar-refractivity contribution is 0.0174. The lowest BCUT2D eigenvalue weighted by atomic mass is 9.92. The minimum Gasteiger partial charge on any atom is -0.347 e. The molecule has 0 unspecified atom stereocenters. The molecule has 0 saturated carbocycles. The van der Waals surface area contributed by atoms with Crippen LogP contribution in [0.5, 0.6) is 0 Å². The summed E-state index contributed by atoms with van der Waals surface area (Å²) in [5.74, 6) is -2.97. The second-order valence-electron chi connectivity index (χ2n) is 8.75. The number of nitrogens with one attached hydrogen (secondary N) is 2. The molecule has 0 spiro atoms. The van der Waals surface area contributed by atoms with Crippen LogP contribution in [0.15, 0.2) is 35.2 Å². The number of hydrogen-bond donors (Lipinski definition) is 2. The van der Waals surface area contributed by atoms with Gasteiger partial charge in [-0.1, -0.05) is 39.0 Å². The average molecular weight is 442 g/mol. The van der Waals surface area contributed by atoms with Crippen LogP contribution < -0.4 is 10.0 Å². The minimum absolute atomic E-state index is 0.0541. The molecule has 2 aromatic rings. The van der Waals surface area contributed by atoms with E-state index in [0.29, 0.717) is 17.8 Å². The van der Waals surface area contributed by atoms with Crippen LogP contribution in [-0.2, 0) is 34.5 Å². The molecule has 2 N–H and O–H groups in total. The molecular weight excluding hydrogens is 408 g/mol. The Morgan fingerprint density at radius 2 is 1.77 bits per heavy atom. The van der Waals surface area contributed by atoms with Crippen molar-refractivity contribution >= 4 is 10.0 Å². The first-order chi connectivity index (χ1) is 13.8. The molecule has 0 radical (unpaired) electrons. The van der Waals surface area contributed by atoms with Crippen molar-refractivity contribution in [2.45, 2.75) is 70.4 Å². The average Bonchev–Trinajstić information content (AvgIpc) is 2.98. The molecule has 1 heterocycles. The Hall–Kier alpha value is -1.77. The number of halogens is 2. The summed E-state index contributed by atoms with van der Waals surface area (Å²) in [5.41, 5.74) is 1.75. The van der Waals surface area contributed by atoms with Gasteiger partial charge in [-0.3, -0.25) is 0 Å². The number of alkyl halides is 2. The Morgan fingerprint density at radius 3 is 2.33 bits per heavy atom. The van der Waals surface area contributed by atoms with Gasteiger partial charge < -0.3 is 9.88 Å². The summed E-state index contributed by atoms with van der Waals surface area (Å²) >= 11 is 0. The number of nitrogens with zero attached hydrogens (tertiary/aromatic N) is 1. The monoisotopic (exact) mass is 441 g/mol. The van der Waals surface area contributed by atoms with E-state index in [2.05, 4.69) is 35.4 Å². The Morgan fingerprint density at radius 1 is 1.10 bits per heavy atom. The van der Waals surface area contributed by atoms with Crippen LogP contribution in [0.2, 0.25) is 0 Å². The maximum atomic E-state index is 13.6. The van der Waals surface area contributed by atoms with Crippen molar-refractivity contribution < 1.29 is 17.2 Å². The largest absolute Gasteiger partial charge is 0.347 e. The van der Waals surface area contributed by atoms with Gasteiger partial charge in [-0.15, -0.1) is 0 Å². The van der Waals surface area contributed by atoms with Crippen LogP contribution in [0.3, 0.4) is 0 Å². The van der Waals surface area contributed by atoms with Crippen LogP contribution in [0, 0.1) is 6.92 Å². The van der Waals surface area contributed by atoms with Crippen LogP contribution in [0.25, 0.3) is 0 Å². The van der Waals surface area contributed by atoms with Crippen LogP contribution in [-0.4, -0.2) is 26.6 Å². The molecule has 0 saturated heterocycles. The van der Waals surface area contributed by atoms with E-state index in [9.17, 15) is 17.2 Å². The molecule has 1 aromatic carbocycles. The van der Waals surface area contributed by atoms with Gasteiger partial charge >= 0.3 is 0 Å². The molecule has 0 aliphatic heterocycles. The fraction of sp³-hybridized carbons (Fsp3) is 0.545. The fourth-order valence-electron chi connectivity index (χ4n) is 3.43. The Balaban J connectivity index is 2.31. The molecule has 0 atom stereocenters. The molecule has 2 rings (SSSR count). The van der Waals surface area contributed by atoms with E-state index in [1.165, 1.54) is 18.2 Å². The number of rotatable bonds is 9. The van der Waals surface area contributed by atoms with Gasteiger partial charge in [0.1, 0.15) is 4.90 Å². The summed E-state index contributed by atoms with van der Waals surface area (Å²) in [6, 6.07) is 7.54. The standard InChI is InChI=1S/C22H33F2N3O2S/c1-16-19(14-20(21(2,3)4)27(16)12-8-11-25-6)30(28,29)26-15-17-9-7-10-18(13-17)22(5,23)24/h7,9-10,13-14,25-26H,8,11-12,15H2,1-6H3. The summed E-state index contributed by atoms with van der Waals surface area (Å²) in [6.07, 6.45) is 0.875. The summed E-state index contributed by atoms with van der Waals surface area (Å²) in [7, 11) is -1.92. The first kappa shape index (κ1) is 24.5. The van der Waals surface area contributed by atoms with Crippen LogP contribution in [0.4, 0.5) is 8.78 Å². The van der Waals surface area contributed by atoms with E-state index >= 15 is 0 Å². The highest BCUT2D eigenvalue weighted by atomic mass is 32.2. The van der Waals surface area contributed by atoms with Gasteiger partial charge in [0.15, 0.2) is 0 Å². The maximum Gasteiger partial charge on any atom is 0.270 e. The highest BCUT2D eigenvalue weighted by Gasteiger charge is 2.28. The second kappa shape index (κ2) is 9.16. The van der Waals surface area contributed by atoms with Crippen molar-refractivity contribution in [3.8, 4) is 0 Å². The van der Waals surface area contributed by atoms with E-state index in [0.717, 1.165) is 25.6 Å². The number of aromatic nitrogens is 1. The van der Waals surface area contributed by atoms with Crippen molar-refractivity contribution in [1.82, 2.24) is 14.6 Å². The van der Waals surface area contributed by atoms with Gasteiger partial charge in [0.05, 0.1) is 0 Å². The quantitative estimate of drug-likeness (QED) is 0.571. The van der Waals surface area contributed by atoms with E-state index in [1.807, 2.05) is 7.05 Å². The predicted octanol–water partition coefficient (Wildman–Crippen LogP) is 4.29. The molecule has 30 heavy (non-hydrogen) atoms. The first-order valence-electron chi connectivity index (χ1n) is 10.1. The van der Waals surface area contributed by atoms with E-state index in [1.54, 1.807) is 19.1 Å². The van der Waals surface area contributed by atoms with Gasteiger partial charge in [-0.25, -0.2) is 21.9 Å². The maximum absolute atomic E-state index is 13.6. The lowest BCUT2D eigenvalue weighted by Crippen LogP contribution is -2.24. The van der Waals surface area contributed by atoms with E-state index in [4.69, 9.17) is 0 Å². The topological polar surface area (TPSA) is 63.1 Å². The zero-order valence-electron chi connectivity index (χ0n) is 18.6. The van der Waals surface area contributed by atoms with Gasteiger partial charge in [0, 0.05) is 42.4 Å². The zero-order valence-corrected chi connectivity index (χ0v) is 19.5. The number of benzene rings is 1. The Kier molecular flexibility index (Phi) is 7.48. The molecule has 168 valence electrons. The zero-order chi connectivity index (χ0) is 22.7. The Bertz CT molecular complexity index is 971. The summed E-state index contributed by atoms with van der Waals surface area (Å²) in [4.78, 5) is 0.230. The summed E-state index contributed by atoms with van der Waals surface area (Å²) in [6.45, 7) is 10.3. The summed E-state index contributed by atoms with van der Waals surface area (Å²) in [5, 5.41) is 3.11. The van der Waals surface area contributed by atoms with Crippen molar-refractivity contribution in [2.75, 3.05) is 13.6 Å². The first-order valence-corrected chi connectivity index (χ1v) is 11.6. The third kappa shape index (κ3) is 5.89. The third-order valence-corrected chi connectivity index (χ3v) is 6.60. The second-order valence-corrected chi connectivity index (χ2v) is 10.5. The van der Waals surface area contributed by atoms with Gasteiger partial charge in [0.2, 0.25) is 10.0 Å². The molecule has 0 aliphatic carbocycles. The van der Waals surface area contributed by atoms with Crippen molar-refractivity contribution in [3.05, 3.63) is 52.8 Å². The van der Waals surface area contributed by atoms with Gasteiger partial charge in [-0.05, 0) is 44.6 Å². The van der Waals surface area contributed by atoms with E-state index in [-0.39, 0.29) is 22.4 Å². The predicted molar refractivity (Wildman–Crippen MR) is 116 cm³/mol. The van der Waals surface area contributed by atoms with Crippen molar-refractivity contribution in [3.63, 3.8) is 0 Å². The molecule has 0 fully saturated rings. The fourth-order valence-corrected chi connectivity index (χ4v) is 4.70. The molecule has 5 nitrogen and oxygen atoms in total. The smallest absolute Gasteiger partial charge is 0.270 e. The number of sulfonamides is 1. The Labute approximate surface area is 178 Å². The molecule has 0 aliphatic rings. The minimum atomic E-state index is -3.80. The normalized spacial score (nSPS) is 13.1. The molecule has 0 amide bonds. The highest BCUT2D eigenvalue weighted by molar-refractivity contribution is 7.89. The third-order valence-electron chi connectivity index (χ3n) is 5.09. The molecule has 1 aromatic heterocycles. The van der Waals surface area contributed by atoms with Crippen molar-refractivity contribution in [2.24, 2.45) is 0 Å². The number of hydrogen-bond acceptors (Lipinski definition) is 3.